The second-order valence-corrected chi connectivity index (χ2v) is 3.05. The molecular weight excluding hydrogens is 164 g/mol. The van der Waals surface area contributed by atoms with Gasteiger partial charge in [-0.15, -0.1) is 0 Å². The molecule has 0 amide bonds. The molecule has 0 aliphatic heterocycles. The van der Waals surface area contributed by atoms with E-state index in [4.69, 9.17) is 4.74 Å². The Morgan fingerprint density at radius 3 is 2.54 bits per heavy atom. The molecule has 0 heterocycles. The van der Waals surface area contributed by atoms with Crippen molar-refractivity contribution < 1.29 is 9.53 Å². The molecule has 0 aliphatic carbocycles. The molecule has 0 saturated carbocycles. The second kappa shape index (κ2) is 4.77. The first-order valence-electron chi connectivity index (χ1n) is 4.36. The van der Waals surface area contributed by atoms with Crippen LogP contribution >= 0.6 is 0 Å². The summed E-state index contributed by atoms with van der Waals surface area (Å²) in [7, 11) is 0. The number of hydrogen-bond donors (Lipinski definition) is 0. The molecular formula is C11H14O2. The van der Waals surface area contributed by atoms with E-state index in [9.17, 15) is 4.79 Å². The smallest absolute Gasteiger partial charge is 0.158 e. The number of hydrogen-bond acceptors (Lipinski definition) is 2. The minimum Gasteiger partial charge on any atom is -0.366 e. The van der Waals surface area contributed by atoms with E-state index in [0.717, 1.165) is 5.56 Å². The Hall–Kier alpha value is -1.15. The van der Waals surface area contributed by atoms with Gasteiger partial charge < -0.3 is 4.74 Å². The maximum Gasteiger partial charge on any atom is 0.158 e. The average Bonchev–Trinajstić information content (AvgIpc) is 2.15. The monoisotopic (exact) mass is 178 g/mol. The molecule has 0 aliphatic rings. The van der Waals surface area contributed by atoms with E-state index in [0.29, 0.717) is 6.61 Å². The highest BCUT2D eigenvalue weighted by molar-refractivity contribution is 5.79. The lowest BCUT2D eigenvalue weighted by Crippen LogP contribution is -2.17. The molecule has 0 aromatic heterocycles. The molecule has 1 aromatic rings. The van der Waals surface area contributed by atoms with Crippen LogP contribution in [0.2, 0.25) is 0 Å². The number of carbonyl (C=O) groups excluding carboxylic acids is 1. The van der Waals surface area contributed by atoms with Gasteiger partial charge in [0, 0.05) is 0 Å². The van der Waals surface area contributed by atoms with Crippen LogP contribution in [-0.4, -0.2) is 11.9 Å². The Labute approximate surface area is 78.5 Å². The Morgan fingerprint density at radius 1 is 1.38 bits per heavy atom. The van der Waals surface area contributed by atoms with Crippen LogP contribution < -0.4 is 0 Å². The van der Waals surface area contributed by atoms with Gasteiger partial charge in [0.05, 0.1) is 6.61 Å². The van der Waals surface area contributed by atoms with Gasteiger partial charge in [-0.3, -0.25) is 4.79 Å². The lowest BCUT2D eigenvalue weighted by molar-refractivity contribution is -0.127. The van der Waals surface area contributed by atoms with Crippen LogP contribution in [0.25, 0.3) is 0 Å². The van der Waals surface area contributed by atoms with E-state index in [1.165, 1.54) is 6.92 Å². The van der Waals surface area contributed by atoms with Crippen LogP contribution in [0.15, 0.2) is 30.3 Å². The first-order chi connectivity index (χ1) is 6.20. The molecule has 2 nitrogen and oxygen atoms in total. The molecule has 13 heavy (non-hydrogen) atoms. The average molecular weight is 178 g/mol. The highest BCUT2D eigenvalue weighted by Gasteiger charge is 2.06. The van der Waals surface area contributed by atoms with Crippen molar-refractivity contribution in [2.75, 3.05) is 0 Å². The zero-order valence-electron chi connectivity index (χ0n) is 7.99. The molecule has 0 fully saturated rings. The highest BCUT2D eigenvalue weighted by atomic mass is 16.5. The van der Waals surface area contributed by atoms with Gasteiger partial charge in [0.1, 0.15) is 6.10 Å². The van der Waals surface area contributed by atoms with Gasteiger partial charge in [0.25, 0.3) is 0 Å². The zero-order chi connectivity index (χ0) is 9.68. The zero-order valence-corrected chi connectivity index (χ0v) is 7.99. The second-order valence-electron chi connectivity index (χ2n) is 3.05. The van der Waals surface area contributed by atoms with Gasteiger partial charge in [0.15, 0.2) is 5.78 Å². The predicted molar refractivity (Wildman–Crippen MR) is 51.4 cm³/mol. The molecule has 1 atom stereocenters. The molecule has 70 valence electrons. The number of carbonyl (C=O) groups is 1. The van der Waals surface area contributed by atoms with Gasteiger partial charge >= 0.3 is 0 Å². The minimum absolute atomic E-state index is 0.0657. The molecule has 0 N–H and O–H groups in total. The van der Waals surface area contributed by atoms with E-state index in [1.807, 2.05) is 30.3 Å². The van der Waals surface area contributed by atoms with E-state index < -0.39 is 0 Å². The minimum atomic E-state index is -0.305. The Morgan fingerprint density at radius 2 is 2.00 bits per heavy atom. The van der Waals surface area contributed by atoms with Gasteiger partial charge in [-0.25, -0.2) is 0 Å². The van der Waals surface area contributed by atoms with Crippen LogP contribution in [0.3, 0.4) is 0 Å². The number of ketones is 1. The molecule has 0 radical (unpaired) electrons. The normalized spacial score (nSPS) is 12.5. The van der Waals surface area contributed by atoms with Gasteiger partial charge in [-0.05, 0) is 19.4 Å². The third kappa shape index (κ3) is 3.38. The first kappa shape index (κ1) is 9.93. The summed E-state index contributed by atoms with van der Waals surface area (Å²) >= 11 is 0. The van der Waals surface area contributed by atoms with Crippen LogP contribution in [0.1, 0.15) is 19.4 Å². The quantitative estimate of drug-likeness (QED) is 0.706. The van der Waals surface area contributed by atoms with E-state index in [2.05, 4.69) is 0 Å². The van der Waals surface area contributed by atoms with Crippen molar-refractivity contribution in [1.29, 1.82) is 0 Å². The Balaban J connectivity index is 2.39. The van der Waals surface area contributed by atoms with Crippen LogP contribution in [0, 0.1) is 0 Å². The summed E-state index contributed by atoms with van der Waals surface area (Å²) < 4.78 is 5.34. The standard InChI is InChI=1S/C11H14O2/c1-9(12)10(2)13-8-11-6-4-3-5-7-11/h3-7,10H,8H2,1-2H3/t10-/m1/s1. The van der Waals surface area contributed by atoms with Gasteiger partial charge in [-0.1, -0.05) is 30.3 Å². The number of ether oxygens (including phenoxy) is 1. The number of benzene rings is 1. The maximum atomic E-state index is 10.8. The van der Waals surface area contributed by atoms with Crippen LogP contribution in [-0.2, 0) is 16.1 Å². The third-order valence-electron chi connectivity index (χ3n) is 1.92. The summed E-state index contributed by atoms with van der Waals surface area (Å²) in [4.78, 5) is 10.8. The van der Waals surface area contributed by atoms with Crippen molar-refractivity contribution in [2.45, 2.75) is 26.6 Å². The SMILES string of the molecule is CC(=O)[C@@H](C)OCc1ccccc1. The fourth-order valence-corrected chi connectivity index (χ4v) is 0.913. The van der Waals surface area contributed by atoms with Crippen molar-refractivity contribution >= 4 is 5.78 Å². The largest absolute Gasteiger partial charge is 0.366 e. The maximum absolute atomic E-state index is 10.8. The lowest BCUT2D eigenvalue weighted by Gasteiger charge is -2.08. The molecule has 0 saturated heterocycles. The number of rotatable bonds is 4. The van der Waals surface area contributed by atoms with E-state index in [1.54, 1.807) is 6.92 Å². The van der Waals surface area contributed by atoms with Crippen LogP contribution in [0.5, 0.6) is 0 Å². The fraction of sp³-hybridized carbons (Fsp3) is 0.364. The molecule has 0 bridgehead atoms. The first-order valence-corrected chi connectivity index (χ1v) is 4.36. The van der Waals surface area contributed by atoms with Crippen molar-refractivity contribution in [3.8, 4) is 0 Å². The Bertz CT molecular complexity index is 267. The van der Waals surface area contributed by atoms with Crippen molar-refractivity contribution in [2.24, 2.45) is 0 Å². The topological polar surface area (TPSA) is 26.3 Å². The molecule has 0 spiro atoms. The van der Waals surface area contributed by atoms with Crippen molar-refractivity contribution in [3.05, 3.63) is 35.9 Å². The van der Waals surface area contributed by atoms with Crippen LogP contribution in [0.4, 0.5) is 0 Å². The summed E-state index contributed by atoms with van der Waals surface area (Å²) in [5.41, 5.74) is 1.09. The van der Waals surface area contributed by atoms with Crippen molar-refractivity contribution in [3.63, 3.8) is 0 Å². The van der Waals surface area contributed by atoms with Crippen molar-refractivity contribution in [1.82, 2.24) is 0 Å². The van der Waals surface area contributed by atoms with E-state index in [-0.39, 0.29) is 11.9 Å². The summed E-state index contributed by atoms with van der Waals surface area (Å²) in [6, 6.07) is 9.83. The summed E-state index contributed by atoms with van der Waals surface area (Å²) in [6.07, 6.45) is -0.305. The third-order valence-corrected chi connectivity index (χ3v) is 1.92. The molecule has 1 aromatic carbocycles. The summed E-state index contributed by atoms with van der Waals surface area (Å²) in [6.45, 7) is 3.81. The van der Waals surface area contributed by atoms with Gasteiger partial charge in [0.2, 0.25) is 0 Å². The summed E-state index contributed by atoms with van der Waals surface area (Å²) in [5.74, 6) is 0.0657. The summed E-state index contributed by atoms with van der Waals surface area (Å²) in [5, 5.41) is 0. The molecule has 2 heteroatoms. The van der Waals surface area contributed by atoms with Gasteiger partial charge in [-0.2, -0.15) is 0 Å². The molecule has 1 rings (SSSR count). The lowest BCUT2D eigenvalue weighted by atomic mass is 10.2. The molecule has 0 unspecified atom stereocenters. The van der Waals surface area contributed by atoms with E-state index >= 15 is 0 Å². The Kier molecular flexibility index (Phi) is 3.65. The highest BCUT2D eigenvalue weighted by Crippen LogP contribution is 2.03. The fourth-order valence-electron chi connectivity index (χ4n) is 0.913. The predicted octanol–water partition coefficient (Wildman–Crippen LogP) is 2.18. The number of Topliss-reactive ketones (excluding diaryl/α,β-unsaturated/α-hetero) is 1.